The monoisotopic (exact) mass is 249 g/mol. The van der Waals surface area contributed by atoms with Gasteiger partial charge in [0.05, 0.1) is 5.92 Å². The number of hydrogen-bond donors (Lipinski definition) is 1. The lowest BCUT2D eigenvalue weighted by Crippen LogP contribution is -2.37. The maximum Gasteiger partial charge on any atom is 0.231 e. The van der Waals surface area contributed by atoms with E-state index in [9.17, 15) is 0 Å². The molecule has 1 heterocycles. The predicted molar refractivity (Wildman–Crippen MR) is 69.6 cm³/mol. The highest BCUT2D eigenvalue weighted by atomic mass is 16.5. The van der Waals surface area contributed by atoms with Crippen molar-refractivity contribution in [2.45, 2.75) is 69.7 Å². The van der Waals surface area contributed by atoms with E-state index in [4.69, 9.17) is 4.52 Å². The normalized spacial score (nSPS) is 28.5. The van der Waals surface area contributed by atoms with Gasteiger partial charge < -0.3 is 9.84 Å². The molecule has 100 valence electrons. The zero-order chi connectivity index (χ0) is 12.4. The van der Waals surface area contributed by atoms with Crippen LogP contribution >= 0.6 is 0 Å². The molecule has 2 atom stereocenters. The number of rotatable bonds is 5. The first-order chi connectivity index (χ1) is 8.88. The quantitative estimate of drug-likeness (QED) is 0.871. The van der Waals surface area contributed by atoms with Gasteiger partial charge in [0.15, 0.2) is 5.82 Å². The van der Waals surface area contributed by atoms with Gasteiger partial charge >= 0.3 is 0 Å². The Morgan fingerprint density at radius 2 is 2.06 bits per heavy atom. The van der Waals surface area contributed by atoms with E-state index in [0.717, 1.165) is 18.3 Å². The van der Waals surface area contributed by atoms with Crippen LogP contribution in [0.25, 0.3) is 0 Å². The van der Waals surface area contributed by atoms with Gasteiger partial charge in [0.2, 0.25) is 5.89 Å². The molecule has 0 aliphatic heterocycles. The lowest BCUT2D eigenvalue weighted by atomic mass is 9.84. The Morgan fingerprint density at radius 1 is 1.22 bits per heavy atom. The van der Waals surface area contributed by atoms with E-state index in [-0.39, 0.29) is 0 Å². The summed E-state index contributed by atoms with van der Waals surface area (Å²) >= 11 is 0. The molecule has 2 unspecified atom stereocenters. The summed E-state index contributed by atoms with van der Waals surface area (Å²) in [6.45, 7) is 3.30. The Hall–Kier alpha value is -0.900. The van der Waals surface area contributed by atoms with Crippen molar-refractivity contribution in [2.75, 3.05) is 6.54 Å². The lowest BCUT2D eigenvalue weighted by Gasteiger charge is -2.29. The summed E-state index contributed by atoms with van der Waals surface area (Å²) < 4.78 is 5.51. The third kappa shape index (κ3) is 2.58. The van der Waals surface area contributed by atoms with Crippen LogP contribution in [0, 0.1) is 0 Å². The third-order valence-corrected chi connectivity index (χ3v) is 4.14. The van der Waals surface area contributed by atoms with Crippen molar-refractivity contribution in [3.05, 3.63) is 11.7 Å². The van der Waals surface area contributed by atoms with Crippen LogP contribution in [0.3, 0.4) is 0 Å². The molecule has 0 saturated heterocycles. The minimum absolute atomic E-state index is 0.435. The van der Waals surface area contributed by atoms with Crippen LogP contribution in [0.5, 0.6) is 0 Å². The van der Waals surface area contributed by atoms with Crippen LogP contribution in [0.15, 0.2) is 4.52 Å². The Balaban J connectivity index is 1.69. The number of aromatic nitrogens is 2. The van der Waals surface area contributed by atoms with Crippen molar-refractivity contribution in [1.29, 1.82) is 0 Å². The minimum atomic E-state index is 0.435. The number of nitrogens with zero attached hydrogens (tertiary/aromatic N) is 2. The molecule has 2 saturated carbocycles. The molecule has 0 aromatic carbocycles. The zero-order valence-electron chi connectivity index (χ0n) is 11.2. The van der Waals surface area contributed by atoms with Crippen molar-refractivity contribution in [3.8, 4) is 0 Å². The van der Waals surface area contributed by atoms with Crippen molar-refractivity contribution < 1.29 is 4.52 Å². The van der Waals surface area contributed by atoms with Crippen LogP contribution in [0.4, 0.5) is 0 Å². The smallest absolute Gasteiger partial charge is 0.231 e. The average Bonchev–Trinajstić information content (AvgIpc) is 3.15. The van der Waals surface area contributed by atoms with Gasteiger partial charge in [0.1, 0.15) is 0 Å². The molecule has 4 heteroatoms. The van der Waals surface area contributed by atoms with E-state index in [0.29, 0.717) is 17.9 Å². The van der Waals surface area contributed by atoms with Crippen LogP contribution in [-0.4, -0.2) is 22.7 Å². The van der Waals surface area contributed by atoms with Gasteiger partial charge in [-0.15, -0.1) is 0 Å². The van der Waals surface area contributed by atoms with E-state index >= 15 is 0 Å². The van der Waals surface area contributed by atoms with Gasteiger partial charge in [-0.25, -0.2) is 0 Å². The van der Waals surface area contributed by atoms with Crippen LogP contribution in [-0.2, 0) is 0 Å². The second-order valence-electron chi connectivity index (χ2n) is 5.72. The van der Waals surface area contributed by atoms with E-state index in [1.165, 1.54) is 44.9 Å². The van der Waals surface area contributed by atoms with E-state index in [1.807, 2.05) is 0 Å². The second-order valence-corrected chi connectivity index (χ2v) is 5.72. The Bertz CT molecular complexity index is 386. The van der Waals surface area contributed by atoms with Crippen molar-refractivity contribution >= 4 is 0 Å². The van der Waals surface area contributed by atoms with E-state index in [2.05, 4.69) is 22.4 Å². The van der Waals surface area contributed by atoms with E-state index in [1.54, 1.807) is 0 Å². The maximum absolute atomic E-state index is 5.51. The summed E-state index contributed by atoms with van der Waals surface area (Å²) in [4.78, 5) is 4.64. The van der Waals surface area contributed by atoms with Gasteiger partial charge in [-0.05, 0) is 38.6 Å². The molecular formula is C14H23N3O. The molecule has 0 bridgehead atoms. The molecular weight excluding hydrogens is 226 g/mol. The topological polar surface area (TPSA) is 51.0 Å². The molecule has 1 N–H and O–H groups in total. The number of nitrogens with one attached hydrogen (secondary N) is 1. The third-order valence-electron chi connectivity index (χ3n) is 4.14. The molecule has 18 heavy (non-hydrogen) atoms. The molecule has 2 aliphatic carbocycles. The Labute approximate surface area is 109 Å². The second kappa shape index (κ2) is 5.39. The predicted octanol–water partition coefficient (Wildman–Crippen LogP) is 2.97. The summed E-state index contributed by atoms with van der Waals surface area (Å²) in [5.74, 6) is 2.86. The first kappa shape index (κ1) is 12.2. The highest BCUT2D eigenvalue weighted by molar-refractivity contribution is 5.07. The molecule has 0 radical (unpaired) electrons. The zero-order valence-corrected chi connectivity index (χ0v) is 11.2. The van der Waals surface area contributed by atoms with Gasteiger partial charge in [-0.3, -0.25) is 0 Å². The maximum atomic E-state index is 5.51. The highest BCUT2D eigenvalue weighted by Crippen LogP contribution is 2.39. The van der Waals surface area contributed by atoms with E-state index < -0.39 is 0 Å². The first-order valence-corrected chi connectivity index (χ1v) is 7.45. The largest absolute Gasteiger partial charge is 0.339 e. The lowest BCUT2D eigenvalue weighted by molar-refractivity contribution is 0.262. The molecule has 4 nitrogen and oxygen atoms in total. The summed E-state index contributed by atoms with van der Waals surface area (Å²) in [7, 11) is 0. The highest BCUT2D eigenvalue weighted by Gasteiger charge is 2.33. The summed E-state index contributed by atoms with van der Waals surface area (Å²) in [5.41, 5.74) is 0. The molecule has 2 aliphatic rings. The standard InChI is InChI=1S/C14H23N3O/c1-2-9-15-12-6-4-3-5-11(12)14-16-13(17-18-14)10-7-8-10/h10-12,15H,2-9H2,1H3. The van der Waals surface area contributed by atoms with Crippen molar-refractivity contribution in [3.63, 3.8) is 0 Å². The Morgan fingerprint density at radius 3 is 2.83 bits per heavy atom. The molecule has 1 aromatic heterocycles. The van der Waals surface area contributed by atoms with Gasteiger partial charge in [-0.2, -0.15) is 4.98 Å². The van der Waals surface area contributed by atoms with Crippen LogP contribution in [0.2, 0.25) is 0 Å². The summed E-state index contributed by atoms with van der Waals surface area (Å²) in [5, 5.41) is 7.80. The minimum Gasteiger partial charge on any atom is -0.339 e. The van der Waals surface area contributed by atoms with Crippen LogP contribution in [0.1, 0.15) is 75.4 Å². The van der Waals surface area contributed by atoms with Gasteiger partial charge in [0.25, 0.3) is 0 Å². The fourth-order valence-electron chi connectivity index (χ4n) is 2.91. The van der Waals surface area contributed by atoms with Crippen LogP contribution < -0.4 is 5.32 Å². The molecule has 0 spiro atoms. The van der Waals surface area contributed by atoms with Gasteiger partial charge in [-0.1, -0.05) is 24.9 Å². The number of hydrogen-bond acceptors (Lipinski definition) is 4. The Kier molecular flexibility index (Phi) is 3.64. The fraction of sp³-hybridized carbons (Fsp3) is 0.857. The first-order valence-electron chi connectivity index (χ1n) is 7.45. The summed E-state index contributed by atoms with van der Waals surface area (Å²) in [6.07, 6.45) is 8.69. The summed E-state index contributed by atoms with van der Waals surface area (Å²) in [6, 6.07) is 0.534. The molecule has 1 aromatic rings. The SMILES string of the molecule is CCCNC1CCCCC1c1nc(C2CC2)no1. The van der Waals surface area contributed by atoms with Crippen molar-refractivity contribution in [2.24, 2.45) is 0 Å². The van der Waals surface area contributed by atoms with Gasteiger partial charge in [0, 0.05) is 12.0 Å². The molecule has 3 rings (SSSR count). The fourth-order valence-corrected chi connectivity index (χ4v) is 2.91. The molecule has 0 amide bonds. The molecule has 2 fully saturated rings. The average molecular weight is 249 g/mol. The van der Waals surface area contributed by atoms with Crippen molar-refractivity contribution in [1.82, 2.24) is 15.5 Å².